The van der Waals surface area contributed by atoms with Gasteiger partial charge in [0.25, 0.3) is 0 Å². The van der Waals surface area contributed by atoms with E-state index in [-0.39, 0.29) is 10.8 Å². The Hall–Kier alpha value is -1.15. The zero-order chi connectivity index (χ0) is 12.3. The fraction of sp³-hybridized carbons (Fsp3) is 0.364. The van der Waals surface area contributed by atoms with Crippen molar-refractivity contribution in [2.75, 3.05) is 0 Å². The van der Waals surface area contributed by atoms with Crippen LogP contribution in [0.4, 0.5) is 13.2 Å². The highest BCUT2D eigenvalue weighted by molar-refractivity contribution is 7.99. The Morgan fingerprint density at radius 2 is 1.94 bits per heavy atom. The molecular formula is C11H10F3NS. The van der Waals surface area contributed by atoms with Crippen molar-refractivity contribution in [3.05, 3.63) is 29.3 Å². The highest BCUT2D eigenvalue weighted by Gasteiger charge is 2.33. The van der Waals surface area contributed by atoms with Gasteiger partial charge in [-0.25, -0.2) is 0 Å². The lowest BCUT2D eigenvalue weighted by Crippen LogP contribution is -2.07. The summed E-state index contributed by atoms with van der Waals surface area (Å²) in [7, 11) is 0. The van der Waals surface area contributed by atoms with Gasteiger partial charge in [-0.05, 0) is 18.2 Å². The summed E-state index contributed by atoms with van der Waals surface area (Å²) in [5, 5.41) is 8.95. The Morgan fingerprint density at radius 1 is 1.31 bits per heavy atom. The second-order valence-electron chi connectivity index (χ2n) is 3.48. The second kappa shape index (κ2) is 4.79. The number of halogens is 3. The van der Waals surface area contributed by atoms with Crippen molar-refractivity contribution in [2.45, 2.75) is 30.2 Å². The minimum atomic E-state index is -4.47. The predicted molar refractivity (Wildman–Crippen MR) is 57.2 cm³/mol. The Labute approximate surface area is 96.3 Å². The Kier molecular flexibility index (Phi) is 3.87. The molecule has 0 saturated carbocycles. The molecule has 0 N–H and O–H groups in total. The smallest absolute Gasteiger partial charge is 0.192 e. The quantitative estimate of drug-likeness (QED) is 0.733. The van der Waals surface area contributed by atoms with E-state index in [0.29, 0.717) is 4.90 Å². The fourth-order valence-corrected chi connectivity index (χ4v) is 2.09. The lowest BCUT2D eigenvalue weighted by molar-refractivity contribution is -0.137. The molecule has 5 heteroatoms. The van der Waals surface area contributed by atoms with Crippen molar-refractivity contribution in [3.63, 3.8) is 0 Å². The molecule has 0 aliphatic carbocycles. The summed E-state index contributed by atoms with van der Waals surface area (Å²) in [6.45, 7) is 3.88. The third-order valence-electron chi connectivity index (χ3n) is 1.79. The van der Waals surface area contributed by atoms with Crippen LogP contribution in [0.3, 0.4) is 0 Å². The number of hydrogen-bond acceptors (Lipinski definition) is 2. The largest absolute Gasteiger partial charge is 0.417 e. The van der Waals surface area contributed by atoms with Gasteiger partial charge in [0.1, 0.15) is 0 Å². The van der Waals surface area contributed by atoms with Crippen molar-refractivity contribution in [1.29, 1.82) is 5.26 Å². The van der Waals surface area contributed by atoms with Crippen molar-refractivity contribution >= 4 is 11.8 Å². The average Bonchev–Trinajstić information content (AvgIpc) is 2.14. The molecule has 0 bridgehead atoms. The summed E-state index contributed by atoms with van der Waals surface area (Å²) >= 11 is 1.43. The maximum Gasteiger partial charge on any atom is 0.417 e. The molecule has 0 amide bonds. The topological polar surface area (TPSA) is 23.8 Å². The van der Waals surface area contributed by atoms with Crippen LogP contribution in [0.25, 0.3) is 0 Å². The summed E-state index contributed by atoms with van der Waals surface area (Å²) in [5.41, 5.74) is -1.19. The lowest BCUT2D eigenvalue weighted by atomic mass is 10.1. The minimum absolute atomic E-state index is 0.267. The third-order valence-corrected chi connectivity index (χ3v) is 2.79. The highest BCUT2D eigenvalue weighted by atomic mass is 32.2. The fourth-order valence-electron chi connectivity index (χ4n) is 1.21. The molecule has 1 aromatic carbocycles. The first-order valence-electron chi connectivity index (χ1n) is 4.62. The van der Waals surface area contributed by atoms with E-state index in [1.165, 1.54) is 23.9 Å². The summed E-state index contributed by atoms with van der Waals surface area (Å²) in [4.78, 5) is 0.680. The molecular weight excluding hydrogens is 235 g/mol. The van der Waals surface area contributed by atoms with Crippen molar-refractivity contribution in [3.8, 4) is 6.07 Å². The summed E-state index contributed by atoms with van der Waals surface area (Å²) < 4.78 is 37.4. The van der Waals surface area contributed by atoms with Crippen LogP contribution >= 0.6 is 11.8 Å². The number of alkyl halides is 3. The third kappa shape index (κ3) is 3.17. The molecule has 0 aliphatic rings. The molecule has 1 aromatic rings. The summed E-state index contributed by atoms with van der Waals surface area (Å²) in [6.07, 6.45) is -4.47. The van der Waals surface area contributed by atoms with Crippen LogP contribution in [0, 0.1) is 11.3 Å². The normalized spacial score (nSPS) is 11.6. The SMILES string of the molecule is CC(C)Sc1ccc(C(F)(F)F)c(C#N)c1. The molecule has 0 saturated heterocycles. The number of nitrogens with zero attached hydrogens (tertiary/aromatic N) is 1. The molecule has 0 atom stereocenters. The number of nitriles is 1. The van der Waals surface area contributed by atoms with Crippen LogP contribution in [0.5, 0.6) is 0 Å². The average molecular weight is 245 g/mol. The van der Waals surface area contributed by atoms with E-state index in [1.807, 2.05) is 13.8 Å². The van der Waals surface area contributed by atoms with Gasteiger partial charge in [-0.2, -0.15) is 18.4 Å². The van der Waals surface area contributed by atoms with Gasteiger partial charge in [0, 0.05) is 10.1 Å². The summed E-state index contributed by atoms with van der Waals surface area (Å²) in [6, 6.07) is 5.23. The molecule has 0 fully saturated rings. The summed E-state index contributed by atoms with van der Waals surface area (Å²) in [5.74, 6) is 0. The van der Waals surface area contributed by atoms with E-state index in [1.54, 1.807) is 6.07 Å². The zero-order valence-corrected chi connectivity index (χ0v) is 9.62. The van der Waals surface area contributed by atoms with Gasteiger partial charge in [-0.1, -0.05) is 13.8 Å². The Bertz CT molecular complexity index is 418. The molecule has 1 rings (SSSR count). The molecule has 0 radical (unpaired) electrons. The Morgan fingerprint density at radius 3 is 2.38 bits per heavy atom. The van der Waals surface area contributed by atoms with Gasteiger partial charge in [-0.15, -0.1) is 11.8 Å². The van der Waals surface area contributed by atoms with E-state index in [0.717, 1.165) is 6.07 Å². The number of rotatable bonds is 2. The number of hydrogen-bond donors (Lipinski definition) is 0. The van der Waals surface area contributed by atoms with Crippen LogP contribution < -0.4 is 0 Å². The van der Waals surface area contributed by atoms with Crippen LogP contribution in [-0.2, 0) is 6.18 Å². The first-order chi connectivity index (χ1) is 7.34. The Balaban J connectivity index is 3.14. The first-order valence-corrected chi connectivity index (χ1v) is 5.50. The molecule has 0 spiro atoms. The molecule has 0 aliphatic heterocycles. The van der Waals surface area contributed by atoms with Gasteiger partial charge < -0.3 is 0 Å². The van der Waals surface area contributed by atoms with Crippen molar-refractivity contribution < 1.29 is 13.2 Å². The van der Waals surface area contributed by atoms with E-state index < -0.39 is 11.7 Å². The van der Waals surface area contributed by atoms with Gasteiger partial charge in [0.15, 0.2) is 0 Å². The van der Waals surface area contributed by atoms with Gasteiger partial charge in [0.05, 0.1) is 17.2 Å². The van der Waals surface area contributed by atoms with Gasteiger partial charge >= 0.3 is 6.18 Å². The van der Waals surface area contributed by atoms with E-state index in [2.05, 4.69) is 0 Å². The van der Waals surface area contributed by atoms with E-state index in [9.17, 15) is 13.2 Å². The lowest BCUT2D eigenvalue weighted by Gasteiger charge is -2.10. The van der Waals surface area contributed by atoms with E-state index >= 15 is 0 Å². The van der Waals surface area contributed by atoms with Crippen LogP contribution in [0.15, 0.2) is 23.1 Å². The van der Waals surface area contributed by atoms with Crippen LogP contribution in [-0.4, -0.2) is 5.25 Å². The first kappa shape index (κ1) is 12.9. The molecule has 0 heterocycles. The maximum atomic E-state index is 12.5. The molecule has 1 nitrogen and oxygen atoms in total. The van der Waals surface area contributed by atoms with Crippen molar-refractivity contribution in [1.82, 2.24) is 0 Å². The maximum absolute atomic E-state index is 12.5. The predicted octanol–water partition coefficient (Wildman–Crippen LogP) is 4.08. The van der Waals surface area contributed by atoms with Gasteiger partial charge in [0.2, 0.25) is 0 Å². The number of benzene rings is 1. The molecule has 86 valence electrons. The van der Waals surface area contributed by atoms with Crippen LogP contribution in [0.1, 0.15) is 25.0 Å². The molecule has 0 aromatic heterocycles. The monoisotopic (exact) mass is 245 g/mol. The molecule has 0 unspecified atom stereocenters. The second-order valence-corrected chi connectivity index (χ2v) is 5.13. The highest BCUT2D eigenvalue weighted by Crippen LogP contribution is 2.34. The van der Waals surface area contributed by atoms with Crippen molar-refractivity contribution in [2.24, 2.45) is 0 Å². The van der Waals surface area contributed by atoms with Crippen LogP contribution in [0.2, 0.25) is 0 Å². The van der Waals surface area contributed by atoms with Gasteiger partial charge in [-0.3, -0.25) is 0 Å². The molecule has 16 heavy (non-hydrogen) atoms. The van der Waals surface area contributed by atoms with E-state index in [4.69, 9.17) is 5.26 Å². The minimum Gasteiger partial charge on any atom is -0.192 e. The standard InChI is InChI=1S/C11H10F3NS/c1-7(2)16-9-3-4-10(11(12,13)14)8(5-9)6-15/h3-5,7H,1-2H3. The number of thioether (sulfide) groups is 1. The zero-order valence-electron chi connectivity index (χ0n) is 8.80.